The van der Waals surface area contributed by atoms with Crippen LogP contribution in [-0.4, -0.2) is 37.7 Å². The minimum atomic E-state index is -0.0401. The summed E-state index contributed by atoms with van der Waals surface area (Å²) in [5.74, 6) is 1.57. The topological polar surface area (TPSA) is 98.7 Å². The number of nitrogens with two attached hydrogens (primary N) is 1. The molecule has 3 N–H and O–H groups in total. The van der Waals surface area contributed by atoms with Gasteiger partial charge in [0, 0.05) is 29.7 Å². The number of nitrogens with zero attached hydrogens (tertiary/aromatic N) is 4. The molecule has 2 aromatic heterocycles. The number of aryl methyl sites for hydroxylation is 2. The SMILES string of the molecule is Cc1cc(C)nc(-n2cc(C(=O)NC3C4CCCC3CC(N)C4)c(C(C)C)n2)n1. The summed E-state index contributed by atoms with van der Waals surface area (Å²) >= 11 is 0. The molecule has 2 fully saturated rings. The smallest absolute Gasteiger partial charge is 0.255 e. The fourth-order valence-corrected chi connectivity index (χ4v) is 5.15. The first-order valence-corrected chi connectivity index (χ1v) is 10.8. The summed E-state index contributed by atoms with van der Waals surface area (Å²) in [5.41, 5.74) is 9.41. The third kappa shape index (κ3) is 4.06. The third-order valence-corrected chi connectivity index (χ3v) is 6.38. The molecule has 0 saturated heterocycles. The van der Waals surface area contributed by atoms with Gasteiger partial charge in [0.1, 0.15) is 0 Å². The van der Waals surface area contributed by atoms with Crippen LogP contribution in [0.2, 0.25) is 0 Å². The Morgan fingerprint density at radius 1 is 1.17 bits per heavy atom. The van der Waals surface area contributed by atoms with Crippen molar-refractivity contribution in [3.05, 3.63) is 34.9 Å². The van der Waals surface area contributed by atoms with Crippen LogP contribution in [0.1, 0.15) is 79.3 Å². The second kappa shape index (κ2) is 7.86. The zero-order valence-electron chi connectivity index (χ0n) is 17.9. The second-order valence-corrected chi connectivity index (χ2v) is 9.16. The van der Waals surface area contributed by atoms with Crippen LogP contribution >= 0.6 is 0 Å². The molecule has 4 rings (SSSR count). The number of fused-ring (bicyclic) bond motifs is 2. The van der Waals surface area contributed by atoms with Gasteiger partial charge in [-0.25, -0.2) is 14.6 Å². The molecule has 2 heterocycles. The van der Waals surface area contributed by atoms with Crippen LogP contribution in [0.15, 0.2) is 12.3 Å². The number of aromatic nitrogens is 4. The molecule has 0 radical (unpaired) electrons. The average Bonchev–Trinajstić information content (AvgIpc) is 3.07. The summed E-state index contributed by atoms with van der Waals surface area (Å²) in [6.45, 7) is 7.98. The van der Waals surface area contributed by atoms with E-state index in [4.69, 9.17) is 5.73 Å². The van der Waals surface area contributed by atoms with E-state index < -0.39 is 0 Å². The van der Waals surface area contributed by atoms with Gasteiger partial charge in [-0.2, -0.15) is 5.10 Å². The van der Waals surface area contributed by atoms with Gasteiger partial charge >= 0.3 is 0 Å². The van der Waals surface area contributed by atoms with Crippen LogP contribution in [0.25, 0.3) is 5.95 Å². The van der Waals surface area contributed by atoms with Crippen molar-refractivity contribution in [3.63, 3.8) is 0 Å². The van der Waals surface area contributed by atoms with Gasteiger partial charge in [0.15, 0.2) is 0 Å². The Labute approximate surface area is 172 Å². The number of rotatable bonds is 4. The fraction of sp³-hybridized carbons (Fsp3) is 0.636. The normalized spacial score (nSPS) is 26.6. The average molecular weight is 397 g/mol. The van der Waals surface area contributed by atoms with E-state index >= 15 is 0 Å². The molecule has 156 valence electrons. The monoisotopic (exact) mass is 396 g/mol. The van der Waals surface area contributed by atoms with Gasteiger partial charge in [-0.1, -0.05) is 20.3 Å². The number of hydrogen-bond acceptors (Lipinski definition) is 5. The van der Waals surface area contributed by atoms with Crippen molar-refractivity contribution in [2.24, 2.45) is 17.6 Å². The molecule has 0 spiro atoms. The maximum atomic E-state index is 13.3. The summed E-state index contributed by atoms with van der Waals surface area (Å²) in [7, 11) is 0. The lowest BCUT2D eigenvalue weighted by Crippen LogP contribution is -2.53. The quantitative estimate of drug-likeness (QED) is 0.828. The first-order chi connectivity index (χ1) is 13.8. The first-order valence-electron chi connectivity index (χ1n) is 10.8. The number of amides is 1. The standard InChI is InChI=1S/C22H32N6O/c1-12(2)19-18(11-28(27-19)22-24-13(3)8-14(4)25-22)21(29)26-20-15-6-5-7-16(20)10-17(23)9-15/h8,11-12,15-17,20H,5-7,9-10,23H2,1-4H3,(H,26,29). The van der Waals surface area contributed by atoms with Crippen molar-refractivity contribution in [2.45, 2.75) is 77.8 Å². The van der Waals surface area contributed by atoms with Crippen molar-refractivity contribution in [2.75, 3.05) is 0 Å². The van der Waals surface area contributed by atoms with Gasteiger partial charge in [0.2, 0.25) is 0 Å². The Bertz CT molecular complexity index is 870. The van der Waals surface area contributed by atoms with E-state index in [-0.39, 0.29) is 23.9 Å². The number of carbonyl (C=O) groups is 1. The molecule has 29 heavy (non-hydrogen) atoms. The molecular weight excluding hydrogens is 364 g/mol. The van der Waals surface area contributed by atoms with Gasteiger partial charge in [0.05, 0.1) is 11.3 Å². The Morgan fingerprint density at radius 2 is 1.79 bits per heavy atom. The number of nitrogens with one attached hydrogen (secondary N) is 1. The van der Waals surface area contributed by atoms with Crippen molar-refractivity contribution in [1.29, 1.82) is 0 Å². The molecule has 2 bridgehead atoms. The zero-order chi connectivity index (χ0) is 20.7. The molecule has 2 unspecified atom stereocenters. The molecule has 0 aliphatic heterocycles. The highest BCUT2D eigenvalue weighted by molar-refractivity contribution is 5.95. The maximum absolute atomic E-state index is 13.3. The highest BCUT2D eigenvalue weighted by atomic mass is 16.1. The summed E-state index contributed by atoms with van der Waals surface area (Å²) < 4.78 is 1.64. The predicted octanol–water partition coefficient (Wildman–Crippen LogP) is 3.04. The number of carbonyl (C=O) groups excluding carboxylic acids is 1. The molecule has 2 aliphatic carbocycles. The van der Waals surface area contributed by atoms with Crippen LogP contribution < -0.4 is 11.1 Å². The van der Waals surface area contributed by atoms with E-state index in [0.717, 1.165) is 42.8 Å². The summed E-state index contributed by atoms with van der Waals surface area (Å²) in [6, 6.07) is 2.42. The first kappa shape index (κ1) is 20.0. The van der Waals surface area contributed by atoms with Crippen LogP contribution in [-0.2, 0) is 0 Å². The fourth-order valence-electron chi connectivity index (χ4n) is 5.15. The van der Waals surface area contributed by atoms with Crippen LogP contribution in [0.5, 0.6) is 0 Å². The minimum absolute atomic E-state index is 0.0401. The molecule has 0 aromatic carbocycles. The van der Waals surface area contributed by atoms with E-state index in [2.05, 4.69) is 34.2 Å². The Balaban J connectivity index is 1.62. The van der Waals surface area contributed by atoms with Gasteiger partial charge in [0.25, 0.3) is 11.9 Å². The van der Waals surface area contributed by atoms with Crippen molar-refractivity contribution in [1.82, 2.24) is 25.1 Å². The van der Waals surface area contributed by atoms with E-state index in [0.29, 0.717) is 23.3 Å². The van der Waals surface area contributed by atoms with E-state index in [9.17, 15) is 4.79 Å². The van der Waals surface area contributed by atoms with Gasteiger partial charge in [-0.3, -0.25) is 4.79 Å². The molecule has 7 heteroatoms. The largest absolute Gasteiger partial charge is 0.349 e. The lowest BCUT2D eigenvalue weighted by molar-refractivity contribution is 0.0755. The van der Waals surface area contributed by atoms with Crippen LogP contribution in [0.3, 0.4) is 0 Å². The van der Waals surface area contributed by atoms with E-state index in [1.165, 1.54) is 6.42 Å². The van der Waals surface area contributed by atoms with E-state index in [1.54, 1.807) is 10.9 Å². The van der Waals surface area contributed by atoms with Crippen molar-refractivity contribution in [3.8, 4) is 5.95 Å². The number of hydrogen-bond donors (Lipinski definition) is 2. The summed E-state index contributed by atoms with van der Waals surface area (Å²) in [5, 5.41) is 8.02. The lowest BCUT2D eigenvalue weighted by atomic mass is 9.67. The molecule has 1 amide bonds. The Kier molecular flexibility index (Phi) is 5.42. The summed E-state index contributed by atoms with van der Waals surface area (Å²) in [4.78, 5) is 22.3. The van der Waals surface area contributed by atoms with Crippen LogP contribution in [0, 0.1) is 25.7 Å². The van der Waals surface area contributed by atoms with Gasteiger partial charge in [-0.15, -0.1) is 0 Å². The molecule has 2 saturated carbocycles. The van der Waals surface area contributed by atoms with Gasteiger partial charge < -0.3 is 11.1 Å². The molecule has 2 atom stereocenters. The molecule has 7 nitrogen and oxygen atoms in total. The molecule has 2 aliphatic rings. The van der Waals surface area contributed by atoms with Crippen molar-refractivity contribution < 1.29 is 4.79 Å². The van der Waals surface area contributed by atoms with Crippen LogP contribution in [0.4, 0.5) is 0 Å². The molecular formula is C22H32N6O. The molecule has 2 aromatic rings. The van der Waals surface area contributed by atoms with Crippen molar-refractivity contribution >= 4 is 5.91 Å². The van der Waals surface area contributed by atoms with Gasteiger partial charge in [-0.05, 0) is 63.4 Å². The lowest BCUT2D eigenvalue weighted by Gasteiger charge is -2.45. The highest BCUT2D eigenvalue weighted by Crippen LogP contribution is 2.39. The highest BCUT2D eigenvalue weighted by Gasteiger charge is 2.40. The zero-order valence-corrected chi connectivity index (χ0v) is 17.9. The summed E-state index contributed by atoms with van der Waals surface area (Å²) in [6.07, 6.45) is 7.35. The minimum Gasteiger partial charge on any atom is -0.349 e. The Morgan fingerprint density at radius 3 is 2.38 bits per heavy atom. The Hall–Kier alpha value is -2.28. The third-order valence-electron chi connectivity index (χ3n) is 6.38. The van der Waals surface area contributed by atoms with E-state index in [1.807, 2.05) is 19.9 Å². The second-order valence-electron chi connectivity index (χ2n) is 9.16. The predicted molar refractivity (Wildman–Crippen MR) is 112 cm³/mol. The maximum Gasteiger partial charge on any atom is 0.255 e.